The molecule has 0 saturated heterocycles. The summed E-state index contributed by atoms with van der Waals surface area (Å²) in [6.07, 6.45) is 0. The van der Waals surface area contributed by atoms with Crippen LogP contribution in [0.4, 0.5) is 0 Å². The van der Waals surface area contributed by atoms with Crippen LogP contribution in [0.15, 0.2) is 0 Å². The van der Waals surface area contributed by atoms with Crippen molar-refractivity contribution < 1.29 is 17.1 Å². The summed E-state index contributed by atoms with van der Waals surface area (Å²) in [5, 5.41) is 39.0. The molecule has 0 radical (unpaired) electrons. The molecule has 0 N–H and O–H groups in total. The molecule has 0 amide bonds. The van der Waals surface area contributed by atoms with Crippen molar-refractivity contribution in [1.29, 1.82) is 31.6 Å². The summed E-state index contributed by atoms with van der Waals surface area (Å²) in [7, 11) is 0. The van der Waals surface area contributed by atoms with Crippen molar-refractivity contribution in [2.45, 2.75) is 0 Å². The molecular weight excluding hydrogens is 430 g/mol. The van der Waals surface area contributed by atoms with Crippen LogP contribution in [0.25, 0.3) is 0 Å². The second-order valence-electron chi connectivity index (χ2n) is 0. The summed E-state index contributed by atoms with van der Waals surface area (Å²) < 4.78 is 0. The summed E-state index contributed by atoms with van der Waals surface area (Å²) in [6, 6.07) is 0. The molecule has 0 aromatic rings. The van der Waals surface area contributed by atoms with Gasteiger partial charge in [0.25, 0.3) is 0 Å². The van der Waals surface area contributed by atoms with Crippen LogP contribution in [0, 0.1) is 71.0 Å². The zero-order chi connectivity index (χ0) is 12.0. The van der Waals surface area contributed by atoms with E-state index < -0.39 is 0 Å². The van der Waals surface area contributed by atoms with Gasteiger partial charge in [0.2, 0.25) is 0 Å². The Labute approximate surface area is 209 Å². The van der Waals surface area contributed by atoms with Crippen molar-refractivity contribution in [3.63, 3.8) is 0 Å². The molecule has 0 aliphatic carbocycles. The van der Waals surface area contributed by atoms with E-state index in [-0.39, 0.29) is 144 Å². The average molecular weight is 438 g/mol. The van der Waals surface area contributed by atoms with Gasteiger partial charge in [-0.25, -0.2) is 31.6 Å². The fourth-order valence-electron chi connectivity index (χ4n) is 0. The number of rotatable bonds is 0. The van der Waals surface area contributed by atoms with Crippen LogP contribution in [-0.4, -0.2) is 127 Å². The molecule has 0 saturated carbocycles. The van der Waals surface area contributed by atoms with E-state index in [2.05, 4.69) is 39.4 Å². The zero-order valence-corrected chi connectivity index (χ0v) is 7.61. The van der Waals surface area contributed by atoms with Crippen LogP contribution in [-0.2, 0) is 17.1 Å². The predicted octanol–water partition coefficient (Wildman–Crippen LogP) is -0.461. The Kier molecular flexibility index (Phi) is 8630. The quantitative estimate of drug-likeness (QED) is 0.468. The molecule has 0 aliphatic heterocycles. The number of hydrogen-bond donors (Lipinski definition) is 0. The van der Waals surface area contributed by atoms with Crippen LogP contribution < -0.4 is 0 Å². The minimum atomic E-state index is 0. The van der Waals surface area contributed by atoms with E-state index in [1.807, 2.05) is 0 Å². The Hall–Kier alpha value is 1.32. The fourth-order valence-corrected chi connectivity index (χ4v) is 0. The van der Waals surface area contributed by atoms with Crippen molar-refractivity contribution in [3.8, 4) is 39.4 Å². The van der Waals surface area contributed by atoms with E-state index in [4.69, 9.17) is 31.6 Å². The molecule has 0 aromatic heterocycles. The zero-order valence-electron chi connectivity index (χ0n) is 6.50. The molecule has 0 fully saturated rings. The third kappa shape index (κ3) is 1570. The molecule has 72 valence electrons. The Morgan fingerprint density at radius 2 is 0.400 bits per heavy atom. The van der Waals surface area contributed by atoms with Crippen molar-refractivity contribution in [1.82, 2.24) is 0 Å². The Morgan fingerprint density at radius 3 is 0.400 bits per heavy atom. The summed E-state index contributed by atoms with van der Waals surface area (Å²) in [4.78, 5) is 0. The van der Waals surface area contributed by atoms with Crippen molar-refractivity contribution in [2.75, 3.05) is 0 Å². The SMILES string of the molecule is C#N.C#N.C#N.C#N.C#N.C#N.[CsH].[Fe].[RbH]. The van der Waals surface area contributed by atoms with E-state index >= 15 is 0 Å². The Bertz CT molecular complexity index is 103. The van der Waals surface area contributed by atoms with Crippen LogP contribution in [0.1, 0.15) is 0 Å². The predicted molar refractivity (Wildman–Crippen MR) is 54.3 cm³/mol. The van der Waals surface area contributed by atoms with Gasteiger partial charge in [-0.05, 0) is 0 Å². The van der Waals surface area contributed by atoms with Crippen LogP contribution in [0.5, 0.6) is 0 Å². The number of nitriles is 6. The molecular formula is C6H8CsFeN6Rb. The molecule has 0 heterocycles. The van der Waals surface area contributed by atoms with Gasteiger partial charge in [-0.3, -0.25) is 0 Å². The third-order valence-corrected chi connectivity index (χ3v) is 0. The molecule has 6 nitrogen and oxygen atoms in total. The van der Waals surface area contributed by atoms with Crippen LogP contribution in [0.3, 0.4) is 0 Å². The first-order chi connectivity index (χ1) is 6.00. The van der Waals surface area contributed by atoms with Gasteiger partial charge >= 0.3 is 127 Å². The Balaban J connectivity index is -0.00000000396. The molecule has 15 heavy (non-hydrogen) atoms. The van der Waals surface area contributed by atoms with Gasteiger partial charge in [0.05, 0.1) is 0 Å². The van der Waals surface area contributed by atoms with Gasteiger partial charge in [0.15, 0.2) is 0 Å². The minimum absolute atomic E-state index is 0. The monoisotopic (exact) mass is 438 g/mol. The molecule has 0 spiro atoms. The molecule has 0 aromatic carbocycles. The molecule has 0 atom stereocenters. The summed E-state index contributed by atoms with van der Waals surface area (Å²) >= 11 is 0. The first kappa shape index (κ1) is 71.5. The van der Waals surface area contributed by atoms with E-state index in [9.17, 15) is 0 Å². The maximum absolute atomic E-state index is 6.50. The second kappa shape index (κ2) is 1810. The van der Waals surface area contributed by atoms with Gasteiger partial charge in [-0.15, -0.1) is 0 Å². The van der Waals surface area contributed by atoms with Crippen molar-refractivity contribution >= 4 is 127 Å². The van der Waals surface area contributed by atoms with E-state index in [1.165, 1.54) is 0 Å². The van der Waals surface area contributed by atoms with Gasteiger partial charge < -0.3 is 0 Å². The topological polar surface area (TPSA) is 143 Å². The fraction of sp³-hybridized carbons (Fsp3) is 0. The maximum atomic E-state index is 6.50. The van der Waals surface area contributed by atoms with Crippen molar-refractivity contribution in [2.24, 2.45) is 0 Å². The van der Waals surface area contributed by atoms with Gasteiger partial charge in [-0.2, -0.15) is 0 Å². The van der Waals surface area contributed by atoms with Crippen LogP contribution in [0.2, 0.25) is 0 Å². The van der Waals surface area contributed by atoms with E-state index in [0.717, 1.165) is 0 Å². The third-order valence-electron chi connectivity index (χ3n) is 0. The summed E-state index contributed by atoms with van der Waals surface area (Å²) in [5.41, 5.74) is 0. The molecule has 0 aliphatic rings. The standard InChI is InChI=1S/6CHN.Cs.Fe.Rb.2H/c6*1-2;;;;;/h6*1H;;;;;. The number of hydrogen-bond acceptors (Lipinski definition) is 6. The first-order valence-corrected chi connectivity index (χ1v) is 1.55. The second-order valence-corrected chi connectivity index (χ2v) is 0. The molecule has 0 bridgehead atoms. The van der Waals surface area contributed by atoms with Gasteiger partial charge in [0, 0.05) is 56.5 Å². The Morgan fingerprint density at radius 1 is 0.400 bits per heavy atom. The summed E-state index contributed by atoms with van der Waals surface area (Å²) in [5.74, 6) is 0. The van der Waals surface area contributed by atoms with Gasteiger partial charge in [-0.1, -0.05) is 0 Å². The van der Waals surface area contributed by atoms with Gasteiger partial charge in [0.1, 0.15) is 0 Å². The van der Waals surface area contributed by atoms with Crippen LogP contribution >= 0.6 is 0 Å². The first-order valence-electron chi connectivity index (χ1n) is 1.55. The molecule has 9 heteroatoms. The average Bonchev–Trinajstić information content (AvgIpc) is 2.33. The van der Waals surface area contributed by atoms with E-state index in [0.29, 0.717) is 0 Å². The number of nitrogens with zero attached hydrogens (tertiary/aromatic N) is 6. The normalized spacial score (nSPS) is 0.800. The molecule has 0 unspecified atom stereocenters. The molecule has 0 rings (SSSR count). The summed E-state index contributed by atoms with van der Waals surface area (Å²) in [6.45, 7) is 21.0. The van der Waals surface area contributed by atoms with Crippen molar-refractivity contribution in [3.05, 3.63) is 0 Å². The van der Waals surface area contributed by atoms with E-state index in [1.54, 1.807) is 0 Å².